The van der Waals surface area contributed by atoms with Crippen LogP contribution >= 0.6 is 0 Å². The summed E-state index contributed by atoms with van der Waals surface area (Å²) >= 11 is 0. The number of alkyl halides is 6. The Balaban J connectivity index is 1.90. The van der Waals surface area contributed by atoms with Crippen molar-refractivity contribution in [2.75, 3.05) is 11.9 Å². The minimum absolute atomic E-state index is 0.0315. The van der Waals surface area contributed by atoms with Gasteiger partial charge < -0.3 is 14.8 Å². The Bertz CT molecular complexity index is 1330. The molecule has 0 saturated heterocycles. The molecule has 0 aliphatic carbocycles. The molecule has 0 aromatic heterocycles. The van der Waals surface area contributed by atoms with Crippen LogP contribution in [0, 0.1) is 5.82 Å². The summed E-state index contributed by atoms with van der Waals surface area (Å²) in [7, 11) is 0. The Morgan fingerprint density at radius 3 is 1.64 bits per heavy atom. The zero-order chi connectivity index (χ0) is 28.1. The van der Waals surface area contributed by atoms with Crippen molar-refractivity contribution in [3.63, 3.8) is 0 Å². The molecule has 4 aromatic carbocycles. The van der Waals surface area contributed by atoms with Crippen LogP contribution in [-0.2, 0) is 11.8 Å². The second kappa shape index (κ2) is 11.3. The standard InChI is InChI=1S/C29H22F7NO2/c30-23-11-6-12-24(17-23)37-19-27(18-20-7-2-1-3-8-20,21-9-4-13-25(15-21)38-28(31,32)33)22-10-5-14-26(16-22)39-29(34,35)36/h1-17,37H,18-19H2. The average Bonchev–Trinajstić information content (AvgIpc) is 2.85. The molecule has 0 heterocycles. The Morgan fingerprint density at radius 1 is 0.590 bits per heavy atom. The summed E-state index contributed by atoms with van der Waals surface area (Å²) in [6, 6.07) is 25.0. The third kappa shape index (κ3) is 7.66. The highest BCUT2D eigenvalue weighted by atomic mass is 19.4. The molecule has 0 aliphatic rings. The molecule has 0 unspecified atom stereocenters. The number of ether oxygens (including phenoxy) is 2. The summed E-state index contributed by atoms with van der Waals surface area (Å²) in [5.74, 6) is -1.51. The maximum atomic E-state index is 13.9. The van der Waals surface area contributed by atoms with Crippen molar-refractivity contribution in [3.05, 3.63) is 126 Å². The van der Waals surface area contributed by atoms with Gasteiger partial charge in [0.2, 0.25) is 0 Å². The van der Waals surface area contributed by atoms with Gasteiger partial charge in [-0.25, -0.2) is 4.39 Å². The van der Waals surface area contributed by atoms with Gasteiger partial charge in [-0.15, -0.1) is 26.3 Å². The smallest absolute Gasteiger partial charge is 0.406 e. The molecule has 1 N–H and O–H groups in total. The predicted molar refractivity (Wildman–Crippen MR) is 132 cm³/mol. The van der Waals surface area contributed by atoms with Gasteiger partial charge in [-0.2, -0.15) is 0 Å². The predicted octanol–water partition coefficient (Wildman–Crippen LogP) is 8.26. The quantitative estimate of drug-likeness (QED) is 0.213. The van der Waals surface area contributed by atoms with E-state index >= 15 is 0 Å². The maximum absolute atomic E-state index is 13.9. The normalized spacial score (nSPS) is 12.2. The summed E-state index contributed by atoms with van der Waals surface area (Å²) < 4.78 is 101. The number of hydrogen-bond donors (Lipinski definition) is 1. The van der Waals surface area contributed by atoms with E-state index in [0.717, 1.165) is 17.7 Å². The lowest BCUT2D eigenvalue weighted by atomic mass is 9.70. The van der Waals surface area contributed by atoms with Crippen LogP contribution in [0.3, 0.4) is 0 Å². The molecule has 0 radical (unpaired) electrons. The van der Waals surface area contributed by atoms with E-state index in [1.165, 1.54) is 42.5 Å². The van der Waals surface area contributed by atoms with Crippen molar-refractivity contribution in [1.82, 2.24) is 0 Å². The van der Waals surface area contributed by atoms with Gasteiger partial charge in [-0.3, -0.25) is 0 Å². The van der Waals surface area contributed by atoms with Gasteiger partial charge in [0, 0.05) is 17.6 Å². The highest BCUT2D eigenvalue weighted by Crippen LogP contribution is 2.40. The second-order valence-corrected chi connectivity index (χ2v) is 8.76. The van der Waals surface area contributed by atoms with Crippen molar-refractivity contribution < 1.29 is 40.2 Å². The molecule has 0 fully saturated rings. The molecule has 10 heteroatoms. The zero-order valence-electron chi connectivity index (χ0n) is 20.2. The van der Waals surface area contributed by atoms with Crippen molar-refractivity contribution >= 4 is 5.69 Å². The number of halogens is 7. The molecule has 0 saturated carbocycles. The Labute approximate surface area is 219 Å². The lowest BCUT2D eigenvalue weighted by Gasteiger charge is -2.36. The number of benzene rings is 4. The molecule has 0 bridgehead atoms. The van der Waals surface area contributed by atoms with Crippen LogP contribution in [0.5, 0.6) is 11.5 Å². The fraction of sp³-hybridized carbons (Fsp3) is 0.172. The van der Waals surface area contributed by atoms with E-state index in [-0.39, 0.29) is 13.0 Å². The first-order valence-corrected chi connectivity index (χ1v) is 11.7. The average molecular weight is 549 g/mol. The summed E-state index contributed by atoms with van der Waals surface area (Å²) in [6.45, 7) is -0.0315. The van der Waals surface area contributed by atoms with Gasteiger partial charge in [0.25, 0.3) is 0 Å². The Morgan fingerprint density at radius 2 is 1.13 bits per heavy atom. The monoisotopic (exact) mass is 549 g/mol. The van der Waals surface area contributed by atoms with E-state index in [9.17, 15) is 30.7 Å². The molecule has 0 spiro atoms. The molecule has 204 valence electrons. The van der Waals surface area contributed by atoms with Crippen LogP contribution in [0.4, 0.5) is 36.4 Å². The van der Waals surface area contributed by atoms with Crippen molar-refractivity contribution in [2.45, 2.75) is 24.6 Å². The molecule has 3 nitrogen and oxygen atoms in total. The van der Waals surface area contributed by atoms with E-state index in [0.29, 0.717) is 16.8 Å². The van der Waals surface area contributed by atoms with Gasteiger partial charge in [-0.05, 0) is 65.6 Å². The minimum Gasteiger partial charge on any atom is -0.406 e. The van der Waals surface area contributed by atoms with Crippen molar-refractivity contribution in [3.8, 4) is 11.5 Å². The highest BCUT2D eigenvalue weighted by Gasteiger charge is 2.38. The van der Waals surface area contributed by atoms with E-state index < -0.39 is 35.5 Å². The highest BCUT2D eigenvalue weighted by molar-refractivity contribution is 5.51. The molecule has 4 aromatic rings. The third-order valence-electron chi connectivity index (χ3n) is 6.01. The van der Waals surface area contributed by atoms with Gasteiger partial charge in [0.05, 0.1) is 0 Å². The van der Waals surface area contributed by atoms with Crippen LogP contribution in [0.15, 0.2) is 103 Å². The van der Waals surface area contributed by atoms with Gasteiger partial charge in [0.15, 0.2) is 0 Å². The first-order chi connectivity index (χ1) is 18.4. The SMILES string of the molecule is Fc1cccc(NCC(Cc2ccccc2)(c2cccc(OC(F)(F)F)c2)c2cccc(OC(F)(F)F)c2)c1. The number of nitrogens with one attached hydrogen (secondary N) is 1. The first kappa shape index (κ1) is 27.8. The van der Waals surface area contributed by atoms with Crippen LogP contribution in [0.1, 0.15) is 16.7 Å². The van der Waals surface area contributed by atoms with E-state index in [1.807, 2.05) is 0 Å². The molecule has 0 atom stereocenters. The Hall–Kier alpha value is -4.21. The van der Waals surface area contributed by atoms with E-state index in [1.54, 1.807) is 48.5 Å². The van der Waals surface area contributed by atoms with Gasteiger partial charge in [0.1, 0.15) is 17.3 Å². The largest absolute Gasteiger partial charge is 0.573 e. The molecular weight excluding hydrogens is 527 g/mol. The van der Waals surface area contributed by atoms with Gasteiger partial charge >= 0.3 is 12.7 Å². The number of hydrogen-bond acceptors (Lipinski definition) is 3. The molecule has 0 amide bonds. The number of anilines is 1. The fourth-order valence-electron chi connectivity index (χ4n) is 4.41. The summed E-state index contributed by atoms with van der Waals surface area (Å²) in [6.07, 6.45) is -9.76. The zero-order valence-corrected chi connectivity index (χ0v) is 20.2. The molecule has 39 heavy (non-hydrogen) atoms. The third-order valence-corrected chi connectivity index (χ3v) is 6.01. The fourth-order valence-corrected chi connectivity index (χ4v) is 4.41. The van der Waals surface area contributed by atoms with Crippen LogP contribution in [0.2, 0.25) is 0 Å². The minimum atomic E-state index is -4.96. The van der Waals surface area contributed by atoms with E-state index in [4.69, 9.17) is 0 Å². The van der Waals surface area contributed by atoms with Crippen LogP contribution in [0.25, 0.3) is 0 Å². The van der Waals surface area contributed by atoms with Crippen LogP contribution < -0.4 is 14.8 Å². The topological polar surface area (TPSA) is 30.5 Å². The van der Waals surface area contributed by atoms with Crippen molar-refractivity contribution in [2.24, 2.45) is 0 Å². The summed E-state index contributed by atoms with van der Waals surface area (Å²) in [4.78, 5) is 0. The summed E-state index contributed by atoms with van der Waals surface area (Å²) in [5.41, 5.74) is 0.506. The maximum Gasteiger partial charge on any atom is 0.573 e. The van der Waals surface area contributed by atoms with Gasteiger partial charge in [-0.1, -0.05) is 60.7 Å². The lowest BCUT2D eigenvalue weighted by Crippen LogP contribution is -2.38. The molecule has 4 rings (SSSR count). The van der Waals surface area contributed by atoms with Crippen molar-refractivity contribution in [1.29, 1.82) is 0 Å². The second-order valence-electron chi connectivity index (χ2n) is 8.76. The number of rotatable bonds is 9. The molecular formula is C29H22F7NO2. The lowest BCUT2D eigenvalue weighted by molar-refractivity contribution is -0.275. The van der Waals surface area contributed by atoms with E-state index in [2.05, 4.69) is 14.8 Å². The summed E-state index contributed by atoms with van der Waals surface area (Å²) in [5, 5.41) is 3.11. The van der Waals surface area contributed by atoms with Crippen LogP contribution in [-0.4, -0.2) is 19.3 Å². The Kier molecular flexibility index (Phi) is 8.03. The molecule has 0 aliphatic heterocycles. The first-order valence-electron chi connectivity index (χ1n) is 11.7.